The predicted molar refractivity (Wildman–Crippen MR) is 31.1 cm³/mol. The van der Waals surface area contributed by atoms with Crippen molar-refractivity contribution in [3.8, 4) is 0 Å². The minimum atomic E-state index is -0.255. The van der Waals surface area contributed by atoms with E-state index in [0.717, 1.165) is 11.1 Å². The number of primary amides is 1. The Bertz CT molecular complexity index is 169. The smallest absolute Gasteiger partial charge is 0.245 e. The first-order valence-electron chi connectivity index (χ1n) is 2.65. The first kappa shape index (κ1) is 5.35. The molecule has 0 aromatic rings. The number of nitrogens with two attached hydrogens (primary N) is 1. The van der Waals surface area contributed by atoms with Gasteiger partial charge in [0.15, 0.2) is 0 Å². The van der Waals surface area contributed by atoms with Gasteiger partial charge >= 0.3 is 0 Å². The molecule has 2 N–H and O–H groups in total. The molecule has 0 aromatic heterocycles. The van der Waals surface area contributed by atoms with Crippen LogP contribution in [0.2, 0.25) is 0 Å². The van der Waals surface area contributed by atoms with Crippen LogP contribution in [-0.4, -0.2) is 5.91 Å². The summed E-state index contributed by atoms with van der Waals surface area (Å²) in [6.07, 6.45) is 0. The standard InChI is InChI=1S/C6H9NO/c1-3-4(2)5(3)6(7)8/h3H,1-2H3,(H2,7,8). The third-order valence-electron chi connectivity index (χ3n) is 1.69. The number of hydrogen-bond donors (Lipinski definition) is 1. The van der Waals surface area contributed by atoms with Gasteiger partial charge in [-0.1, -0.05) is 12.5 Å². The first-order chi connectivity index (χ1) is 3.64. The maximum atomic E-state index is 10.3. The van der Waals surface area contributed by atoms with E-state index in [-0.39, 0.29) is 5.91 Å². The van der Waals surface area contributed by atoms with Crippen LogP contribution in [0.15, 0.2) is 11.1 Å². The molecule has 0 heterocycles. The molecule has 1 unspecified atom stereocenters. The zero-order chi connectivity index (χ0) is 6.31. The number of hydrogen-bond acceptors (Lipinski definition) is 1. The molecule has 1 aliphatic carbocycles. The van der Waals surface area contributed by atoms with E-state index in [1.54, 1.807) is 0 Å². The SMILES string of the molecule is CC1=C(C(N)=O)C1C. The van der Waals surface area contributed by atoms with E-state index in [4.69, 9.17) is 5.73 Å². The normalized spacial score (nSPS) is 26.0. The highest BCUT2D eigenvalue weighted by atomic mass is 16.1. The topological polar surface area (TPSA) is 43.1 Å². The van der Waals surface area contributed by atoms with Gasteiger partial charge < -0.3 is 5.73 Å². The van der Waals surface area contributed by atoms with E-state index in [2.05, 4.69) is 0 Å². The quantitative estimate of drug-likeness (QED) is 0.524. The Morgan fingerprint density at radius 2 is 2.12 bits per heavy atom. The van der Waals surface area contributed by atoms with Gasteiger partial charge in [-0.2, -0.15) is 0 Å². The number of carbonyl (C=O) groups is 1. The highest BCUT2D eigenvalue weighted by Gasteiger charge is 2.31. The van der Waals surface area contributed by atoms with Crippen molar-refractivity contribution >= 4 is 5.91 Å². The number of carbonyl (C=O) groups excluding carboxylic acids is 1. The summed E-state index contributed by atoms with van der Waals surface area (Å²) in [4.78, 5) is 10.3. The molecule has 0 radical (unpaired) electrons. The summed E-state index contributed by atoms with van der Waals surface area (Å²) in [5.74, 6) is 0.113. The Labute approximate surface area is 48.4 Å². The Hall–Kier alpha value is -0.790. The maximum absolute atomic E-state index is 10.3. The van der Waals surface area contributed by atoms with Crippen LogP contribution in [0, 0.1) is 5.92 Å². The van der Waals surface area contributed by atoms with E-state index in [0.29, 0.717) is 5.92 Å². The van der Waals surface area contributed by atoms with Crippen LogP contribution >= 0.6 is 0 Å². The zero-order valence-electron chi connectivity index (χ0n) is 5.06. The molecule has 0 spiro atoms. The highest BCUT2D eigenvalue weighted by Crippen LogP contribution is 2.37. The molecule has 1 amide bonds. The lowest BCUT2D eigenvalue weighted by Gasteiger charge is -1.80. The Morgan fingerprint density at radius 3 is 2.12 bits per heavy atom. The van der Waals surface area contributed by atoms with Crippen LogP contribution in [0.3, 0.4) is 0 Å². The van der Waals surface area contributed by atoms with Crippen LogP contribution in [-0.2, 0) is 4.79 Å². The van der Waals surface area contributed by atoms with Crippen molar-refractivity contribution in [2.75, 3.05) is 0 Å². The Balaban J connectivity index is 2.66. The van der Waals surface area contributed by atoms with Gasteiger partial charge in [0.1, 0.15) is 0 Å². The number of rotatable bonds is 1. The van der Waals surface area contributed by atoms with Gasteiger partial charge in [-0.3, -0.25) is 4.79 Å². The third kappa shape index (κ3) is 0.529. The molecule has 2 heteroatoms. The van der Waals surface area contributed by atoms with Crippen molar-refractivity contribution in [2.45, 2.75) is 13.8 Å². The van der Waals surface area contributed by atoms with E-state index in [1.807, 2.05) is 13.8 Å². The minimum Gasteiger partial charge on any atom is -0.366 e. The predicted octanol–water partition coefficient (Wildman–Crippen LogP) is 0.438. The molecule has 0 saturated heterocycles. The largest absolute Gasteiger partial charge is 0.366 e. The molecule has 1 rings (SSSR count). The van der Waals surface area contributed by atoms with Crippen molar-refractivity contribution < 1.29 is 4.79 Å². The van der Waals surface area contributed by atoms with Crippen LogP contribution in [0.4, 0.5) is 0 Å². The molecule has 1 atom stereocenters. The van der Waals surface area contributed by atoms with Crippen LogP contribution in [0.1, 0.15) is 13.8 Å². The lowest BCUT2D eigenvalue weighted by Crippen LogP contribution is -2.09. The summed E-state index contributed by atoms with van der Waals surface area (Å²) in [6.45, 7) is 3.92. The third-order valence-corrected chi connectivity index (χ3v) is 1.69. The molecule has 0 fully saturated rings. The summed E-state index contributed by atoms with van der Waals surface area (Å²) >= 11 is 0. The molecule has 2 nitrogen and oxygen atoms in total. The summed E-state index contributed by atoms with van der Waals surface area (Å²) in [5.41, 5.74) is 6.96. The minimum absolute atomic E-state index is 0.255. The van der Waals surface area contributed by atoms with Crippen molar-refractivity contribution in [2.24, 2.45) is 11.7 Å². The summed E-state index contributed by atoms with van der Waals surface area (Å²) < 4.78 is 0. The lowest BCUT2D eigenvalue weighted by atomic mass is 10.3. The van der Waals surface area contributed by atoms with Gasteiger partial charge in [0.2, 0.25) is 5.91 Å². The molecule has 0 bridgehead atoms. The van der Waals surface area contributed by atoms with Gasteiger partial charge in [0, 0.05) is 11.5 Å². The van der Waals surface area contributed by atoms with E-state index >= 15 is 0 Å². The van der Waals surface area contributed by atoms with E-state index in [1.165, 1.54) is 0 Å². The molecular formula is C6H9NO. The van der Waals surface area contributed by atoms with Gasteiger partial charge in [-0.05, 0) is 6.92 Å². The van der Waals surface area contributed by atoms with Crippen molar-refractivity contribution in [3.05, 3.63) is 11.1 Å². The molecular weight excluding hydrogens is 102 g/mol. The zero-order valence-corrected chi connectivity index (χ0v) is 5.06. The first-order valence-corrected chi connectivity index (χ1v) is 2.65. The second-order valence-electron chi connectivity index (χ2n) is 2.18. The van der Waals surface area contributed by atoms with Gasteiger partial charge in [-0.15, -0.1) is 0 Å². The fourth-order valence-corrected chi connectivity index (χ4v) is 0.888. The van der Waals surface area contributed by atoms with Gasteiger partial charge in [0.25, 0.3) is 0 Å². The summed E-state index contributed by atoms with van der Waals surface area (Å²) in [7, 11) is 0. The Morgan fingerprint density at radius 1 is 1.75 bits per heavy atom. The second-order valence-corrected chi connectivity index (χ2v) is 2.18. The average Bonchev–Trinajstić information content (AvgIpc) is 2.15. The van der Waals surface area contributed by atoms with Gasteiger partial charge in [-0.25, -0.2) is 0 Å². The molecule has 0 aliphatic heterocycles. The van der Waals surface area contributed by atoms with Crippen molar-refractivity contribution in [3.63, 3.8) is 0 Å². The van der Waals surface area contributed by atoms with Crippen molar-refractivity contribution in [1.82, 2.24) is 0 Å². The maximum Gasteiger partial charge on any atom is 0.245 e. The number of allylic oxidation sites excluding steroid dienone is 1. The average molecular weight is 111 g/mol. The lowest BCUT2D eigenvalue weighted by molar-refractivity contribution is -0.114. The molecule has 44 valence electrons. The van der Waals surface area contributed by atoms with E-state index < -0.39 is 0 Å². The highest BCUT2D eigenvalue weighted by molar-refractivity contribution is 5.98. The monoisotopic (exact) mass is 111 g/mol. The second kappa shape index (κ2) is 1.34. The summed E-state index contributed by atoms with van der Waals surface area (Å²) in [5, 5.41) is 0. The van der Waals surface area contributed by atoms with E-state index in [9.17, 15) is 4.79 Å². The molecule has 0 saturated carbocycles. The fourth-order valence-electron chi connectivity index (χ4n) is 0.888. The Kier molecular flexibility index (Phi) is 0.897. The van der Waals surface area contributed by atoms with Crippen LogP contribution in [0.5, 0.6) is 0 Å². The van der Waals surface area contributed by atoms with Crippen LogP contribution in [0.25, 0.3) is 0 Å². The molecule has 1 aliphatic rings. The fraction of sp³-hybridized carbons (Fsp3) is 0.500. The van der Waals surface area contributed by atoms with Gasteiger partial charge in [0.05, 0.1) is 0 Å². The summed E-state index contributed by atoms with van der Waals surface area (Å²) in [6, 6.07) is 0. The van der Waals surface area contributed by atoms with Crippen molar-refractivity contribution in [1.29, 1.82) is 0 Å². The molecule has 0 aromatic carbocycles. The number of amides is 1. The molecule has 8 heavy (non-hydrogen) atoms. The van der Waals surface area contributed by atoms with Crippen LogP contribution < -0.4 is 5.73 Å².